The number of hydrogen-bond donors (Lipinski definition) is 0. The van der Waals surface area contributed by atoms with E-state index in [9.17, 15) is 14.4 Å². The molecule has 1 saturated heterocycles. The van der Waals surface area contributed by atoms with Crippen molar-refractivity contribution in [1.82, 2.24) is 19.4 Å². The van der Waals surface area contributed by atoms with Crippen LogP contribution in [0.3, 0.4) is 0 Å². The van der Waals surface area contributed by atoms with E-state index in [1.807, 2.05) is 0 Å². The Morgan fingerprint density at radius 3 is 2.50 bits per heavy atom. The van der Waals surface area contributed by atoms with Crippen LogP contribution in [0, 0.1) is 6.92 Å². The molecular weight excluding hydrogens is 340 g/mol. The second-order valence-electron chi connectivity index (χ2n) is 6.25. The van der Waals surface area contributed by atoms with Crippen LogP contribution in [0.1, 0.15) is 23.0 Å². The van der Waals surface area contributed by atoms with Crippen molar-refractivity contribution in [3.63, 3.8) is 0 Å². The molecule has 9 nitrogen and oxygen atoms in total. The molecule has 1 fully saturated rings. The summed E-state index contributed by atoms with van der Waals surface area (Å²) in [7, 11) is 1.55. The number of aromatic nitrogens is 2. The summed E-state index contributed by atoms with van der Waals surface area (Å²) in [5.41, 5.74) is 0.0852. The number of amides is 2. The molecule has 0 radical (unpaired) electrons. The van der Waals surface area contributed by atoms with Crippen LogP contribution in [-0.2, 0) is 16.1 Å². The Morgan fingerprint density at radius 1 is 1.23 bits per heavy atom. The fourth-order valence-corrected chi connectivity index (χ4v) is 3.13. The van der Waals surface area contributed by atoms with Gasteiger partial charge in [-0.25, -0.2) is 4.98 Å². The molecule has 3 heterocycles. The van der Waals surface area contributed by atoms with E-state index in [0.717, 1.165) is 0 Å². The van der Waals surface area contributed by atoms with Gasteiger partial charge >= 0.3 is 0 Å². The summed E-state index contributed by atoms with van der Waals surface area (Å²) in [6, 6.07) is 0. The van der Waals surface area contributed by atoms with E-state index in [4.69, 9.17) is 9.15 Å². The van der Waals surface area contributed by atoms with Gasteiger partial charge in [0.15, 0.2) is 0 Å². The molecule has 2 amide bonds. The number of rotatable bonds is 4. The van der Waals surface area contributed by atoms with Gasteiger partial charge in [0.05, 0.1) is 18.7 Å². The van der Waals surface area contributed by atoms with Crippen LogP contribution in [0.4, 0.5) is 0 Å². The maximum atomic E-state index is 13.0. The van der Waals surface area contributed by atoms with Gasteiger partial charge in [0.2, 0.25) is 11.6 Å². The first kappa shape index (κ1) is 18.1. The Bertz CT molecular complexity index is 892. The van der Waals surface area contributed by atoms with Crippen molar-refractivity contribution < 1.29 is 18.7 Å². The number of ether oxygens (including phenoxy) is 1. The van der Waals surface area contributed by atoms with Crippen molar-refractivity contribution >= 4 is 22.9 Å². The minimum atomic E-state index is -0.324. The van der Waals surface area contributed by atoms with E-state index in [2.05, 4.69) is 4.98 Å². The van der Waals surface area contributed by atoms with Crippen LogP contribution >= 0.6 is 0 Å². The number of carbonyl (C=O) groups is 2. The highest BCUT2D eigenvalue weighted by atomic mass is 16.5. The lowest BCUT2D eigenvalue weighted by Gasteiger charge is -2.34. The molecule has 1 aliphatic heterocycles. The van der Waals surface area contributed by atoms with Crippen molar-refractivity contribution in [3.8, 4) is 0 Å². The van der Waals surface area contributed by atoms with E-state index in [1.54, 1.807) is 23.8 Å². The molecule has 0 N–H and O–H groups in total. The normalized spacial score (nSPS) is 14.9. The number of nitrogens with zero attached hydrogens (tertiary/aromatic N) is 4. The molecule has 0 spiro atoms. The third-order valence-corrected chi connectivity index (χ3v) is 4.62. The molecule has 0 unspecified atom stereocenters. The van der Waals surface area contributed by atoms with Crippen LogP contribution < -0.4 is 5.56 Å². The van der Waals surface area contributed by atoms with Crippen molar-refractivity contribution in [2.24, 2.45) is 0 Å². The number of aryl methyl sites for hydroxylation is 1. The maximum Gasteiger partial charge on any atom is 0.265 e. The van der Waals surface area contributed by atoms with Gasteiger partial charge in [-0.15, -0.1) is 0 Å². The third kappa shape index (κ3) is 3.22. The van der Waals surface area contributed by atoms with Gasteiger partial charge in [0.25, 0.3) is 11.5 Å². The summed E-state index contributed by atoms with van der Waals surface area (Å²) in [4.78, 5) is 44.7. The quantitative estimate of drug-likeness (QED) is 0.773. The van der Waals surface area contributed by atoms with Gasteiger partial charge in [-0.05, 0) is 6.92 Å². The molecule has 140 valence electrons. The van der Waals surface area contributed by atoms with Gasteiger partial charge < -0.3 is 19.0 Å². The van der Waals surface area contributed by atoms with E-state index >= 15 is 0 Å². The number of carbonyl (C=O) groups excluding carboxylic acids is 2. The van der Waals surface area contributed by atoms with Crippen molar-refractivity contribution in [3.05, 3.63) is 28.0 Å². The highest BCUT2D eigenvalue weighted by molar-refractivity contribution is 6.06. The fourth-order valence-electron chi connectivity index (χ4n) is 3.13. The Labute approximate surface area is 150 Å². The highest BCUT2D eigenvalue weighted by Crippen LogP contribution is 2.23. The molecule has 9 heteroatoms. The second kappa shape index (κ2) is 7.28. The summed E-state index contributed by atoms with van der Waals surface area (Å²) in [6.07, 6.45) is 1.40. The summed E-state index contributed by atoms with van der Waals surface area (Å²) in [5, 5.41) is 0.195. The number of furan rings is 1. The minimum absolute atomic E-state index is 0.00716. The summed E-state index contributed by atoms with van der Waals surface area (Å²) in [5.74, 6) is 0.0909. The van der Waals surface area contributed by atoms with Crippen LogP contribution in [-0.4, -0.2) is 71.1 Å². The van der Waals surface area contributed by atoms with Gasteiger partial charge in [-0.2, -0.15) is 0 Å². The van der Waals surface area contributed by atoms with E-state index in [0.29, 0.717) is 45.1 Å². The molecule has 26 heavy (non-hydrogen) atoms. The lowest BCUT2D eigenvalue weighted by Crippen LogP contribution is -2.50. The van der Waals surface area contributed by atoms with Crippen LogP contribution in [0.25, 0.3) is 11.1 Å². The van der Waals surface area contributed by atoms with E-state index in [1.165, 1.54) is 17.8 Å². The Morgan fingerprint density at radius 2 is 1.88 bits per heavy atom. The maximum absolute atomic E-state index is 13.0. The zero-order valence-corrected chi connectivity index (χ0v) is 15.2. The SMILES string of the molecule is COCCn1cnc2oc(C)c(C(=O)N3CCN(C(C)=O)CC3)c2c1=O. The van der Waals surface area contributed by atoms with Crippen molar-refractivity contribution in [1.29, 1.82) is 0 Å². The number of fused-ring (bicyclic) bond motifs is 1. The zero-order chi connectivity index (χ0) is 18.8. The monoisotopic (exact) mass is 362 g/mol. The predicted octanol–water partition coefficient (Wildman–Crippen LogP) is 0.249. The topological polar surface area (TPSA) is 97.9 Å². The van der Waals surface area contributed by atoms with E-state index < -0.39 is 0 Å². The minimum Gasteiger partial charge on any atom is -0.442 e. The van der Waals surface area contributed by atoms with Crippen LogP contribution in [0.5, 0.6) is 0 Å². The lowest BCUT2D eigenvalue weighted by atomic mass is 10.1. The first-order chi connectivity index (χ1) is 12.4. The average molecular weight is 362 g/mol. The zero-order valence-electron chi connectivity index (χ0n) is 15.2. The number of methoxy groups -OCH3 is 1. The van der Waals surface area contributed by atoms with Crippen LogP contribution in [0.15, 0.2) is 15.5 Å². The third-order valence-electron chi connectivity index (χ3n) is 4.62. The molecular formula is C17H22N4O5. The number of hydrogen-bond acceptors (Lipinski definition) is 6. The molecule has 0 bridgehead atoms. The first-order valence-electron chi connectivity index (χ1n) is 8.46. The van der Waals surface area contributed by atoms with Gasteiger partial charge in [-0.3, -0.25) is 19.0 Å². The summed E-state index contributed by atoms with van der Waals surface area (Å²) < 4.78 is 12.0. The van der Waals surface area contributed by atoms with Gasteiger partial charge in [0.1, 0.15) is 17.5 Å². The standard InChI is InChI=1S/C17H22N4O5/c1-11-13(16(23)20-6-4-19(5-7-20)12(2)22)14-15(26-11)18-10-21(17(14)24)8-9-25-3/h10H,4-9H2,1-3H3. The molecule has 0 atom stereocenters. The molecule has 1 aliphatic rings. The summed E-state index contributed by atoms with van der Waals surface area (Å²) in [6.45, 7) is 5.66. The van der Waals surface area contributed by atoms with Gasteiger partial charge in [-0.1, -0.05) is 0 Å². The Hall–Kier alpha value is -2.68. The average Bonchev–Trinajstić information content (AvgIpc) is 2.97. The van der Waals surface area contributed by atoms with Gasteiger partial charge in [0, 0.05) is 40.2 Å². The predicted molar refractivity (Wildman–Crippen MR) is 93.0 cm³/mol. The van der Waals surface area contributed by atoms with Crippen LogP contribution in [0.2, 0.25) is 0 Å². The molecule has 2 aromatic rings. The fraction of sp³-hybridized carbons (Fsp3) is 0.529. The number of piperazine rings is 1. The first-order valence-corrected chi connectivity index (χ1v) is 8.46. The molecule has 3 rings (SSSR count). The molecule has 2 aromatic heterocycles. The summed E-state index contributed by atoms with van der Waals surface area (Å²) >= 11 is 0. The highest BCUT2D eigenvalue weighted by Gasteiger charge is 2.29. The largest absolute Gasteiger partial charge is 0.442 e. The second-order valence-corrected chi connectivity index (χ2v) is 6.25. The lowest BCUT2D eigenvalue weighted by molar-refractivity contribution is -0.130. The Kier molecular flexibility index (Phi) is 5.08. The molecule has 0 aromatic carbocycles. The van der Waals surface area contributed by atoms with E-state index in [-0.39, 0.29) is 34.0 Å². The molecule has 0 saturated carbocycles. The Balaban J connectivity index is 1.94. The van der Waals surface area contributed by atoms with Crippen molar-refractivity contribution in [2.75, 3.05) is 39.9 Å². The smallest absolute Gasteiger partial charge is 0.265 e. The molecule has 0 aliphatic carbocycles. The van der Waals surface area contributed by atoms with Crippen molar-refractivity contribution in [2.45, 2.75) is 20.4 Å².